The van der Waals surface area contributed by atoms with Crippen molar-refractivity contribution >= 4 is 39.6 Å². The lowest BCUT2D eigenvalue weighted by molar-refractivity contribution is -0.122. The minimum atomic E-state index is -0.814. The predicted octanol–water partition coefficient (Wildman–Crippen LogP) is 3.87. The third-order valence-electron chi connectivity index (χ3n) is 3.31. The Kier molecular flexibility index (Phi) is 5.87. The first kappa shape index (κ1) is 17.9. The van der Waals surface area contributed by atoms with Crippen LogP contribution in [0, 0.1) is 0 Å². The van der Waals surface area contributed by atoms with E-state index >= 15 is 0 Å². The van der Waals surface area contributed by atoms with Gasteiger partial charge in [0.1, 0.15) is 5.75 Å². The van der Waals surface area contributed by atoms with Gasteiger partial charge < -0.3 is 10.1 Å². The molecule has 1 N–H and O–H groups in total. The van der Waals surface area contributed by atoms with Gasteiger partial charge in [0.05, 0.1) is 5.56 Å². The molecule has 0 spiro atoms. The van der Waals surface area contributed by atoms with Crippen LogP contribution in [0.3, 0.4) is 0 Å². The maximum Gasteiger partial charge on any atom is 0.265 e. The Morgan fingerprint density at radius 1 is 1.21 bits per heavy atom. The number of ketones is 1. The summed E-state index contributed by atoms with van der Waals surface area (Å²) in [5.74, 6) is -0.135. The molecule has 0 bridgehead atoms. The van der Waals surface area contributed by atoms with E-state index in [0.717, 1.165) is 4.47 Å². The van der Waals surface area contributed by atoms with Crippen LogP contribution in [0.15, 0.2) is 46.9 Å². The molecule has 0 aliphatic carbocycles. The lowest BCUT2D eigenvalue weighted by Crippen LogP contribution is -2.30. The van der Waals surface area contributed by atoms with Crippen molar-refractivity contribution in [2.24, 2.45) is 0 Å². The van der Waals surface area contributed by atoms with Gasteiger partial charge in [-0.05, 0) is 44.2 Å². The van der Waals surface area contributed by atoms with Crippen molar-refractivity contribution in [2.75, 3.05) is 5.32 Å². The monoisotopic (exact) mass is 389 g/mol. The number of ether oxygens (including phenoxy) is 1. The van der Waals surface area contributed by atoms with E-state index in [4.69, 9.17) is 4.74 Å². The van der Waals surface area contributed by atoms with Gasteiger partial charge in [-0.1, -0.05) is 28.1 Å². The molecular weight excluding hydrogens is 374 g/mol. The van der Waals surface area contributed by atoms with Crippen molar-refractivity contribution < 1.29 is 19.1 Å². The minimum absolute atomic E-state index is 0.0825. The molecule has 5 nitrogen and oxygen atoms in total. The number of benzene rings is 2. The molecule has 0 saturated heterocycles. The third kappa shape index (κ3) is 4.52. The fourth-order valence-corrected chi connectivity index (χ4v) is 2.40. The van der Waals surface area contributed by atoms with Crippen LogP contribution in [0.4, 0.5) is 5.69 Å². The zero-order valence-electron chi connectivity index (χ0n) is 13.2. The highest BCUT2D eigenvalue weighted by molar-refractivity contribution is 9.10. The Morgan fingerprint density at radius 2 is 1.96 bits per heavy atom. The standard InChI is InChI=1S/C18H16BrNO4/c1-11(22)13-4-3-5-16(9-13)20-18(23)12(2)24-17-7-6-15(19)8-14(17)10-21/h3-10,12H,1-2H3,(H,20,23)/t12-/m0/s1. The highest BCUT2D eigenvalue weighted by Gasteiger charge is 2.17. The van der Waals surface area contributed by atoms with E-state index in [9.17, 15) is 14.4 Å². The highest BCUT2D eigenvalue weighted by atomic mass is 79.9. The normalized spacial score (nSPS) is 11.5. The van der Waals surface area contributed by atoms with Crippen LogP contribution >= 0.6 is 15.9 Å². The van der Waals surface area contributed by atoms with E-state index in [1.54, 1.807) is 49.4 Å². The molecule has 0 aromatic heterocycles. The van der Waals surface area contributed by atoms with Gasteiger partial charge in [0.2, 0.25) is 0 Å². The molecule has 124 valence electrons. The van der Waals surface area contributed by atoms with E-state index in [-0.39, 0.29) is 11.7 Å². The molecule has 0 heterocycles. The molecule has 1 atom stereocenters. The number of amides is 1. The molecule has 0 radical (unpaired) electrons. The number of carbonyl (C=O) groups is 3. The number of carbonyl (C=O) groups excluding carboxylic acids is 3. The van der Waals surface area contributed by atoms with Crippen molar-refractivity contribution in [3.8, 4) is 5.75 Å². The Hall–Kier alpha value is -2.47. The predicted molar refractivity (Wildman–Crippen MR) is 94.7 cm³/mol. The van der Waals surface area contributed by atoms with E-state index < -0.39 is 6.10 Å². The van der Waals surface area contributed by atoms with Gasteiger partial charge in [0.25, 0.3) is 5.91 Å². The van der Waals surface area contributed by atoms with E-state index in [1.165, 1.54) is 6.92 Å². The largest absolute Gasteiger partial charge is 0.480 e. The molecule has 0 unspecified atom stereocenters. The van der Waals surface area contributed by atoms with E-state index in [0.29, 0.717) is 28.8 Å². The maximum atomic E-state index is 12.2. The SMILES string of the molecule is CC(=O)c1cccc(NC(=O)[C@H](C)Oc2ccc(Br)cc2C=O)c1. The van der Waals surface area contributed by atoms with Gasteiger partial charge >= 0.3 is 0 Å². The van der Waals surface area contributed by atoms with Gasteiger partial charge in [0.15, 0.2) is 18.2 Å². The van der Waals surface area contributed by atoms with Gasteiger partial charge in [-0.15, -0.1) is 0 Å². The van der Waals surface area contributed by atoms with Crippen LogP contribution in [-0.4, -0.2) is 24.1 Å². The van der Waals surface area contributed by atoms with Crippen molar-refractivity contribution in [1.29, 1.82) is 0 Å². The number of rotatable bonds is 6. The average Bonchev–Trinajstić information content (AvgIpc) is 2.56. The van der Waals surface area contributed by atoms with Gasteiger partial charge in [0, 0.05) is 15.7 Å². The zero-order chi connectivity index (χ0) is 17.7. The number of hydrogen-bond donors (Lipinski definition) is 1. The summed E-state index contributed by atoms with van der Waals surface area (Å²) in [5.41, 5.74) is 1.37. The highest BCUT2D eigenvalue weighted by Crippen LogP contribution is 2.23. The summed E-state index contributed by atoms with van der Waals surface area (Å²) in [7, 11) is 0. The first-order valence-electron chi connectivity index (χ1n) is 7.24. The first-order valence-corrected chi connectivity index (χ1v) is 8.03. The molecule has 1 amide bonds. The molecule has 0 aliphatic rings. The third-order valence-corrected chi connectivity index (χ3v) is 3.80. The second-order valence-corrected chi connectivity index (χ2v) is 6.10. The molecule has 6 heteroatoms. The molecule has 24 heavy (non-hydrogen) atoms. The van der Waals surface area contributed by atoms with Crippen LogP contribution in [0.25, 0.3) is 0 Å². The molecule has 2 rings (SSSR count). The lowest BCUT2D eigenvalue weighted by atomic mass is 10.1. The van der Waals surface area contributed by atoms with Crippen LogP contribution < -0.4 is 10.1 Å². The van der Waals surface area contributed by atoms with Crippen molar-refractivity contribution in [2.45, 2.75) is 20.0 Å². The number of hydrogen-bond acceptors (Lipinski definition) is 4. The van der Waals surface area contributed by atoms with Crippen LogP contribution in [0.5, 0.6) is 5.75 Å². The summed E-state index contributed by atoms with van der Waals surface area (Å²) in [6.07, 6.45) is -0.146. The summed E-state index contributed by atoms with van der Waals surface area (Å²) in [6.45, 7) is 3.04. The van der Waals surface area contributed by atoms with Gasteiger partial charge in [-0.2, -0.15) is 0 Å². The summed E-state index contributed by atoms with van der Waals surface area (Å²) in [6, 6.07) is 11.6. The minimum Gasteiger partial charge on any atom is -0.480 e. The number of aldehydes is 1. The summed E-state index contributed by atoms with van der Waals surface area (Å²) in [5, 5.41) is 2.69. The van der Waals surface area contributed by atoms with Gasteiger partial charge in [-0.3, -0.25) is 14.4 Å². The molecule has 0 aliphatic heterocycles. The molecule has 2 aromatic rings. The Balaban J connectivity index is 2.09. The number of anilines is 1. The molecular formula is C18H16BrNO4. The Labute approximate surface area is 148 Å². The van der Waals surface area contributed by atoms with Crippen LogP contribution in [0.2, 0.25) is 0 Å². The fraction of sp³-hybridized carbons (Fsp3) is 0.167. The second kappa shape index (κ2) is 7.88. The molecule has 0 saturated carbocycles. The summed E-state index contributed by atoms with van der Waals surface area (Å²) in [4.78, 5) is 34.7. The zero-order valence-corrected chi connectivity index (χ0v) is 14.8. The van der Waals surface area contributed by atoms with Crippen molar-refractivity contribution in [3.63, 3.8) is 0 Å². The second-order valence-electron chi connectivity index (χ2n) is 5.19. The smallest absolute Gasteiger partial charge is 0.265 e. The number of Topliss-reactive ketones (excluding diaryl/α,β-unsaturated/α-hetero) is 1. The van der Waals surface area contributed by atoms with E-state index in [1.807, 2.05) is 0 Å². The Bertz CT molecular complexity index is 788. The molecule has 0 fully saturated rings. The van der Waals surface area contributed by atoms with Crippen LogP contribution in [-0.2, 0) is 4.79 Å². The van der Waals surface area contributed by atoms with Crippen LogP contribution in [0.1, 0.15) is 34.6 Å². The number of halogens is 1. The summed E-state index contributed by atoms with van der Waals surface area (Å²) >= 11 is 3.27. The first-order chi connectivity index (χ1) is 11.4. The van der Waals surface area contributed by atoms with Crippen molar-refractivity contribution in [3.05, 3.63) is 58.1 Å². The molecule has 2 aromatic carbocycles. The number of nitrogens with one attached hydrogen (secondary N) is 1. The fourth-order valence-electron chi connectivity index (χ4n) is 2.02. The quantitative estimate of drug-likeness (QED) is 0.601. The van der Waals surface area contributed by atoms with Crippen molar-refractivity contribution in [1.82, 2.24) is 0 Å². The maximum absolute atomic E-state index is 12.2. The summed E-state index contributed by atoms with van der Waals surface area (Å²) < 4.78 is 6.32. The topological polar surface area (TPSA) is 72.5 Å². The Morgan fingerprint density at radius 3 is 2.62 bits per heavy atom. The van der Waals surface area contributed by atoms with E-state index in [2.05, 4.69) is 21.2 Å². The lowest BCUT2D eigenvalue weighted by Gasteiger charge is -2.16. The van der Waals surface area contributed by atoms with Gasteiger partial charge in [-0.25, -0.2) is 0 Å². The average molecular weight is 390 g/mol.